The highest BCUT2D eigenvalue weighted by Gasteiger charge is 2.22. The second-order valence-electron chi connectivity index (χ2n) is 4.30. The highest BCUT2D eigenvalue weighted by atomic mass is 16.5. The van der Waals surface area contributed by atoms with Crippen molar-refractivity contribution in [3.05, 3.63) is 35.9 Å². The molecule has 6 heteroatoms. The van der Waals surface area contributed by atoms with E-state index >= 15 is 0 Å². The van der Waals surface area contributed by atoms with Crippen molar-refractivity contribution in [3.63, 3.8) is 0 Å². The van der Waals surface area contributed by atoms with Gasteiger partial charge in [-0.1, -0.05) is 30.3 Å². The van der Waals surface area contributed by atoms with E-state index in [1.807, 2.05) is 37.3 Å². The molecule has 2 N–H and O–H groups in total. The third kappa shape index (κ3) is 4.89. The van der Waals surface area contributed by atoms with Gasteiger partial charge in [0.1, 0.15) is 0 Å². The molecular formula is C14H20N2O4. The van der Waals surface area contributed by atoms with Gasteiger partial charge in [0.15, 0.2) is 6.04 Å². The minimum Gasteiger partial charge on any atom is -0.480 e. The van der Waals surface area contributed by atoms with Crippen LogP contribution in [0.2, 0.25) is 0 Å². The zero-order valence-corrected chi connectivity index (χ0v) is 11.7. The maximum Gasteiger partial charge on any atom is 0.328 e. The summed E-state index contributed by atoms with van der Waals surface area (Å²) in [5.74, 6) is -1.11. The van der Waals surface area contributed by atoms with Crippen LogP contribution in [0.1, 0.15) is 12.5 Å². The zero-order chi connectivity index (χ0) is 15.0. The molecule has 110 valence electrons. The molecule has 1 aromatic carbocycles. The Hall–Kier alpha value is -2.08. The maximum absolute atomic E-state index is 12.1. The summed E-state index contributed by atoms with van der Waals surface area (Å²) in [6.45, 7) is 2.70. The fourth-order valence-electron chi connectivity index (χ4n) is 1.71. The quantitative estimate of drug-likeness (QED) is 0.789. The highest BCUT2D eigenvalue weighted by Crippen LogP contribution is 2.04. The van der Waals surface area contributed by atoms with Gasteiger partial charge < -0.3 is 20.1 Å². The second-order valence-corrected chi connectivity index (χ2v) is 4.30. The van der Waals surface area contributed by atoms with Gasteiger partial charge in [-0.15, -0.1) is 0 Å². The number of benzene rings is 1. The van der Waals surface area contributed by atoms with Gasteiger partial charge in [0.2, 0.25) is 0 Å². The third-order valence-corrected chi connectivity index (χ3v) is 2.81. The van der Waals surface area contributed by atoms with Gasteiger partial charge in [0, 0.05) is 20.2 Å². The fourth-order valence-corrected chi connectivity index (χ4v) is 1.71. The van der Waals surface area contributed by atoms with E-state index < -0.39 is 18.0 Å². The number of hydrogen-bond acceptors (Lipinski definition) is 3. The fraction of sp³-hybridized carbons (Fsp3) is 0.429. The minimum atomic E-state index is -1.11. The third-order valence-electron chi connectivity index (χ3n) is 2.81. The van der Waals surface area contributed by atoms with Crippen molar-refractivity contribution in [2.75, 3.05) is 20.3 Å². The molecule has 0 aliphatic heterocycles. The summed E-state index contributed by atoms with van der Waals surface area (Å²) in [6, 6.07) is 8.06. The smallest absolute Gasteiger partial charge is 0.328 e. The number of ether oxygens (including phenoxy) is 1. The van der Waals surface area contributed by atoms with E-state index in [9.17, 15) is 9.59 Å². The molecule has 6 nitrogen and oxygen atoms in total. The lowest BCUT2D eigenvalue weighted by Crippen LogP contribution is -2.49. The Bertz CT molecular complexity index is 436. The van der Waals surface area contributed by atoms with Crippen LogP contribution < -0.4 is 5.32 Å². The lowest BCUT2D eigenvalue weighted by molar-refractivity contribution is -0.140. The van der Waals surface area contributed by atoms with Gasteiger partial charge in [0.05, 0.1) is 6.61 Å². The number of nitrogens with zero attached hydrogens (tertiary/aromatic N) is 1. The van der Waals surface area contributed by atoms with E-state index in [1.54, 1.807) is 4.90 Å². The van der Waals surface area contributed by atoms with Crippen LogP contribution in [-0.2, 0) is 16.1 Å². The number of nitrogens with one attached hydrogen (secondary N) is 1. The number of urea groups is 1. The van der Waals surface area contributed by atoms with Crippen LogP contribution in [0, 0.1) is 0 Å². The highest BCUT2D eigenvalue weighted by molar-refractivity contribution is 5.82. The first-order valence-electron chi connectivity index (χ1n) is 6.39. The number of aliphatic carboxylic acids is 1. The van der Waals surface area contributed by atoms with Crippen molar-refractivity contribution in [2.24, 2.45) is 0 Å². The minimum absolute atomic E-state index is 0.0655. The predicted octanol–water partition coefficient (Wildman–Crippen LogP) is 1.32. The monoisotopic (exact) mass is 280 g/mol. The topological polar surface area (TPSA) is 78.9 Å². The number of hydrogen-bond donors (Lipinski definition) is 2. The number of carbonyl (C=O) groups excluding carboxylic acids is 1. The van der Waals surface area contributed by atoms with E-state index in [2.05, 4.69) is 5.32 Å². The average Bonchev–Trinajstić information content (AvgIpc) is 2.45. The second kappa shape index (κ2) is 8.16. The Morgan fingerprint density at radius 2 is 2.00 bits per heavy atom. The van der Waals surface area contributed by atoms with Crippen LogP contribution in [0.3, 0.4) is 0 Å². The van der Waals surface area contributed by atoms with Crippen molar-refractivity contribution >= 4 is 12.0 Å². The van der Waals surface area contributed by atoms with Crippen LogP contribution in [-0.4, -0.2) is 48.3 Å². The summed E-state index contributed by atoms with van der Waals surface area (Å²) in [5.41, 5.74) is 0.989. The Kier molecular flexibility index (Phi) is 6.52. The molecule has 1 aromatic rings. The Morgan fingerprint density at radius 3 is 2.50 bits per heavy atom. The molecule has 0 saturated heterocycles. The molecule has 0 aliphatic carbocycles. The molecular weight excluding hydrogens is 260 g/mol. The number of carboxylic acids is 1. The zero-order valence-electron chi connectivity index (χ0n) is 11.7. The molecule has 0 fully saturated rings. The molecule has 1 unspecified atom stereocenters. The number of rotatable bonds is 7. The van der Waals surface area contributed by atoms with Crippen LogP contribution in [0.5, 0.6) is 0 Å². The summed E-state index contributed by atoms with van der Waals surface area (Å²) in [6.07, 6.45) is 0. The standard InChI is InChI=1S/C14H20N2O4/c1-3-16(9-11-7-5-4-6-8-11)14(19)15-12(10-20-2)13(17)18/h4-8,12H,3,9-10H2,1-2H3,(H,15,19)(H,17,18). The number of carboxylic acid groups (broad SMARTS) is 1. The first-order valence-corrected chi connectivity index (χ1v) is 6.39. The first kappa shape index (κ1) is 16.0. The van der Waals surface area contributed by atoms with Gasteiger partial charge in [0.25, 0.3) is 0 Å². The normalized spacial score (nSPS) is 11.7. The van der Waals surface area contributed by atoms with Gasteiger partial charge in [-0.2, -0.15) is 0 Å². The Balaban J connectivity index is 2.64. The Labute approximate surface area is 118 Å². The molecule has 1 rings (SSSR count). The van der Waals surface area contributed by atoms with Gasteiger partial charge >= 0.3 is 12.0 Å². The molecule has 20 heavy (non-hydrogen) atoms. The molecule has 0 saturated carbocycles. The summed E-state index contributed by atoms with van der Waals surface area (Å²) in [4.78, 5) is 24.6. The number of methoxy groups -OCH3 is 1. The first-order chi connectivity index (χ1) is 9.58. The van der Waals surface area contributed by atoms with Crippen molar-refractivity contribution < 1.29 is 19.4 Å². The molecule has 0 bridgehead atoms. The van der Waals surface area contributed by atoms with Crippen molar-refractivity contribution in [1.82, 2.24) is 10.2 Å². The van der Waals surface area contributed by atoms with Gasteiger partial charge in [-0.25, -0.2) is 9.59 Å². The van der Waals surface area contributed by atoms with Crippen LogP contribution in [0.4, 0.5) is 4.79 Å². The molecule has 0 spiro atoms. The van der Waals surface area contributed by atoms with E-state index in [1.165, 1.54) is 7.11 Å². The van der Waals surface area contributed by atoms with E-state index in [0.29, 0.717) is 13.1 Å². The lowest BCUT2D eigenvalue weighted by Gasteiger charge is -2.23. The van der Waals surface area contributed by atoms with E-state index in [4.69, 9.17) is 9.84 Å². The lowest BCUT2D eigenvalue weighted by atomic mass is 10.2. The average molecular weight is 280 g/mol. The van der Waals surface area contributed by atoms with Crippen molar-refractivity contribution in [2.45, 2.75) is 19.5 Å². The SMILES string of the molecule is CCN(Cc1ccccc1)C(=O)NC(COC)C(=O)O. The number of carbonyl (C=O) groups is 2. The molecule has 0 radical (unpaired) electrons. The molecule has 0 heterocycles. The summed E-state index contributed by atoms with van der Waals surface area (Å²) in [5, 5.41) is 11.4. The van der Waals surface area contributed by atoms with Gasteiger partial charge in [-0.05, 0) is 12.5 Å². The van der Waals surface area contributed by atoms with Crippen molar-refractivity contribution in [1.29, 1.82) is 0 Å². The molecule has 1 atom stereocenters. The molecule has 0 aromatic heterocycles. The number of amides is 2. The predicted molar refractivity (Wildman–Crippen MR) is 74.4 cm³/mol. The van der Waals surface area contributed by atoms with Crippen molar-refractivity contribution in [3.8, 4) is 0 Å². The van der Waals surface area contributed by atoms with Gasteiger partial charge in [-0.3, -0.25) is 0 Å². The summed E-state index contributed by atoms with van der Waals surface area (Å²) in [7, 11) is 1.39. The van der Waals surface area contributed by atoms with Crippen LogP contribution in [0.25, 0.3) is 0 Å². The largest absolute Gasteiger partial charge is 0.480 e. The Morgan fingerprint density at radius 1 is 1.35 bits per heavy atom. The van der Waals surface area contributed by atoms with Crippen LogP contribution >= 0.6 is 0 Å². The summed E-state index contributed by atoms with van der Waals surface area (Å²) < 4.78 is 4.78. The molecule has 0 aliphatic rings. The van der Waals surface area contributed by atoms with E-state index in [-0.39, 0.29) is 6.61 Å². The summed E-state index contributed by atoms with van der Waals surface area (Å²) >= 11 is 0. The molecule has 2 amide bonds. The maximum atomic E-state index is 12.1. The van der Waals surface area contributed by atoms with Crippen LogP contribution in [0.15, 0.2) is 30.3 Å². The van der Waals surface area contributed by atoms with E-state index in [0.717, 1.165) is 5.56 Å².